The van der Waals surface area contributed by atoms with Gasteiger partial charge in [0.1, 0.15) is 20.0 Å². The Kier molecular flexibility index (Phi) is 10.3. The first kappa shape index (κ1) is 33.7. The van der Waals surface area contributed by atoms with Crippen molar-refractivity contribution in [3.63, 3.8) is 0 Å². The predicted molar refractivity (Wildman–Crippen MR) is 145 cm³/mol. The molecule has 0 amide bonds. The second kappa shape index (κ2) is 12.5. The number of fused-ring (bicyclic) bond motifs is 2. The van der Waals surface area contributed by atoms with Gasteiger partial charge in [0, 0.05) is 10.9 Å². The fourth-order valence-corrected chi connectivity index (χ4v) is 6.80. The van der Waals surface area contributed by atoms with E-state index in [1.807, 2.05) is 19.9 Å². The average Bonchev–Trinajstić information content (AvgIpc) is 3.27. The normalized spacial score (nSPS) is 12.0. The molecule has 0 saturated carbocycles. The molecule has 0 aliphatic carbocycles. The Morgan fingerprint density at radius 3 is 2.22 bits per heavy atom. The molecule has 200 valence electrons. The van der Waals surface area contributed by atoms with Crippen molar-refractivity contribution in [2.24, 2.45) is 10.2 Å². The van der Waals surface area contributed by atoms with Crippen LogP contribution in [0.5, 0.6) is 5.75 Å². The summed E-state index contributed by atoms with van der Waals surface area (Å²) < 4.78 is 69.5. The first-order chi connectivity index (χ1) is 18.2. The molecule has 0 aliphatic heterocycles. The Morgan fingerprint density at radius 1 is 0.878 bits per heavy atom. The summed E-state index contributed by atoms with van der Waals surface area (Å²) in [6.45, 7) is 5.83. The maximum Gasteiger partial charge on any atom is 1.00 e. The molecular weight excluding hydrogens is 608 g/mol. The molecule has 0 atom stereocenters. The van der Waals surface area contributed by atoms with E-state index in [-0.39, 0.29) is 69.9 Å². The number of aryl methyl sites for hydroxylation is 3. The zero-order chi connectivity index (χ0) is 28.3. The number of thiazole rings is 1. The minimum Gasteiger partial charge on any atom is -0.871 e. The molecule has 0 spiro atoms. The third kappa shape index (κ3) is 6.92. The van der Waals surface area contributed by atoms with Crippen LogP contribution in [0.2, 0.25) is 0 Å². The summed E-state index contributed by atoms with van der Waals surface area (Å²) in [5.74, 6) is -0.719. The molecule has 0 bridgehead atoms. The van der Waals surface area contributed by atoms with Crippen LogP contribution in [0.25, 0.3) is 31.6 Å². The van der Waals surface area contributed by atoms with E-state index < -0.39 is 41.5 Å². The van der Waals surface area contributed by atoms with Gasteiger partial charge in [0.15, 0.2) is 0 Å². The van der Waals surface area contributed by atoms with Crippen molar-refractivity contribution in [3.05, 3.63) is 71.3 Å². The number of aromatic nitrogens is 1. The largest absolute Gasteiger partial charge is 1.00 e. The van der Waals surface area contributed by atoms with E-state index >= 15 is 0 Å². The number of azo groups is 1. The van der Waals surface area contributed by atoms with Gasteiger partial charge < -0.3 is 9.66 Å². The van der Waals surface area contributed by atoms with Crippen LogP contribution >= 0.6 is 11.3 Å². The van der Waals surface area contributed by atoms with Crippen LogP contribution in [-0.4, -0.2) is 30.9 Å². The number of rotatable bonds is 5. The maximum atomic E-state index is 12.7. The van der Waals surface area contributed by atoms with Crippen LogP contribution in [0.3, 0.4) is 0 Å². The molecule has 0 radical (unpaired) electrons. The summed E-state index contributed by atoms with van der Waals surface area (Å²) in [6.07, 6.45) is 0. The Labute approximate surface area is 284 Å². The number of hydrogen-bond donors (Lipinski definition) is 1. The second-order valence-electron chi connectivity index (χ2n) is 9.01. The fraction of sp³-hybridized carbons (Fsp3) is 0.115. The molecule has 15 heteroatoms. The number of hydrogen-bond acceptors (Lipinski definition) is 10. The molecule has 41 heavy (non-hydrogen) atoms. The van der Waals surface area contributed by atoms with Crippen molar-refractivity contribution in [3.8, 4) is 16.3 Å². The van der Waals surface area contributed by atoms with Gasteiger partial charge in [0.25, 0.3) is 10.1 Å². The Hall–Kier alpha value is -1.75. The van der Waals surface area contributed by atoms with E-state index in [0.717, 1.165) is 50.1 Å². The quantitative estimate of drug-likeness (QED) is 0.157. The van der Waals surface area contributed by atoms with E-state index in [4.69, 9.17) is 4.98 Å². The van der Waals surface area contributed by atoms with Gasteiger partial charge in [-0.05, 0) is 79.2 Å². The smallest absolute Gasteiger partial charge is 0.871 e. The minimum absolute atomic E-state index is 0. The molecule has 4 aromatic carbocycles. The van der Waals surface area contributed by atoms with Gasteiger partial charge in [-0.15, -0.1) is 11.3 Å². The van der Waals surface area contributed by atoms with Gasteiger partial charge in [-0.3, -0.25) is 4.55 Å². The SMILES string of the molecule is Cc1cc(C)c2nc(-c3ccc(N=Nc4c([O-])ccc5cc(S(=O)(=O)[O-])cc(S(=O)(=O)O)c45)c(C)c3)sc2c1.[Na+].[Na+]. The first-order valence-corrected chi connectivity index (χ1v) is 15.0. The Balaban J connectivity index is 0.00000231. The zero-order valence-electron chi connectivity index (χ0n) is 22.7. The Morgan fingerprint density at radius 2 is 1.59 bits per heavy atom. The van der Waals surface area contributed by atoms with Crippen LogP contribution in [0, 0.1) is 20.8 Å². The fourth-order valence-electron chi connectivity index (χ4n) is 4.31. The summed E-state index contributed by atoms with van der Waals surface area (Å²) in [7, 11) is -10.1. The minimum atomic E-state index is -5.06. The number of nitrogens with zero attached hydrogens (tertiary/aromatic N) is 3. The molecule has 0 saturated heterocycles. The molecule has 10 nitrogen and oxygen atoms in total. The summed E-state index contributed by atoms with van der Waals surface area (Å²) >= 11 is 1.56. The van der Waals surface area contributed by atoms with Gasteiger partial charge in [-0.1, -0.05) is 23.9 Å². The van der Waals surface area contributed by atoms with Crippen LogP contribution in [0.4, 0.5) is 11.4 Å². The molecule has 0 fully saturated rings. The topological polar surface area (TPSA) is 172 Å². The van der Waals surface area contributed by atoms with Gasteiger partial charge in [-0.2, -0.15) is 18.6 Å². The van der Waals surface area contributed by atoms with Crippen LogP contribution in [0.15, 0.2) is 74.6 Å². The van der Waals surface area contributed by atoms with Crippen LogP contribution in [0.1, 0.15) is 16.7 Å². The first-order valence-electron chi connectivity index (χ1n) is 11.3. The summed E-state index contributed by atoms with van der Waals surface area (Å²) in [5, 5.41) is 21.2. The van der Waals surface area contributed by atoms with E-state index in [2.05, 4.69) is 22.4 Å². The van der Waals surface area contributed by atoms with E-state index in [9.17, 15) is 31.0 Å². The monoisotopic (exact) mass is 627 g/mol. The predicted octanol–water partition coefficient (Wildman–Crippen LogP) is -0.310. The molecule has 1 aromatic heterocycles. The van der Waals surface area contributed by atoms with Crippen molar-refractivity contribution in [1.29, 1.82) is 0 Å². The van der Waals surface area contributed by atoms with Crippen molar-refractivity contribution in [2.75, 3.05) is 0 Å². The molecule has 5 aromatic rings. The zero-order valence-corrected chi connectivity index (χ0v) is 29.1. The third-order valence-corrected chi connectivity index (χ3v) is 8.83. The van der Waals surface area contributed by atoms with Crippen LogP contribution in [-0.2, 0) is 20.2 Å². The molecule has 5 rings (SSSR count). The van der Waals surface area contributed by atoms with E-state index in [1.165, 1.54) is 0 Å². The maximum absolute atomic E-state index is 12.7. The molecule has 1 heterocycles. The van der Waals surface area contributed by atoms with E-state index in [1.54, 1.807) is 30.4 Å². The van der Waals surface area contributed by atoms with Crippen molar-refractivity contribution in [2.45, 2.75) is 30.6 Å². The van der Waals surface area contributed by atoms with Crippen LogP contribution < -0.4 is 64.2 Å². The standard InChI is InChI=1S/C26H21N3O7S3.2Na/c1-13-8-15(3)24-21(9-13)37-26(27-24)17-4-6-19(14(2)10-17)28-29-25-20(30)7-5-16-11-18(38(31,32)33)12-22(23(16)25)39(34,35)36;;/h4-12,30H,1-3H3,(H,31,32,33)(H,34,35,36);;/q;2*+1/p-2. The van der Waals surface area contributed by atoms with Gasteiger partial charge in [0.2, 0.25) is 0 Å². The summed E-state index contributed by atoms with van der Waals surface area (Å²) in [4.78, 5) is 2.95. The van der Waals surface area contributed by atoms with Crippen molar-refractivity contribution >= 4 is 63.9 Å². The second-order valence-corrected chi connectivity index (χ2v) is 12.8. The Bertz CT molecular complexity index is 2080. The molecule has 0 aliphatic rings. The summed E-state index contributed by atoms with van der Waals surface area (Å²) in [6, 6.07) is 13.1. The summed E-state index contributed by atoms with van der Waals surface area (Å²) in [5.41, 5.74) is 4.68. The average molecular weight is 628 g/mol. The third-order valence-electron chi connectivity index (χ3n) is 6.09. The van der Waals surface area contributed by atoms with Crippen molar-refractivity contribution < 1.29 is 90.2 Å². The van der Waals surface area contributed by atoms with Gasteiger partial charge in [0.05, 0.1) is 26.5 Å². The number of benzene rings is 4. The molecule has 0 unspecified atom stereocenters. The molecular formula is C26H19N3Na2O7S3. The molecule has 1 N–H and O–H groups in total. The van der Waals surface area contributed by atoms with Gasteiger partial charge >= 0.3 is 59.1 Å². The van der Waals surface area contributed by atoms with Crippen molar-refractivity contribution in [1.82, 2.24) is 4.98 Å². The van der Waals surface area contributed by atoms with E-state index in [0.29, 0.717) is 17.3 Å². The van der Waals surface area contributed by atoms with Gasteiger partial charge in [-0.25, -0.2) is 13.4 Å².